The van der Waals surface area contributed by atoms with Crippen LogP contribution in [0.4, 0.5) is 0 Å². The number of carbonyl (C=O) groups excluding carboxylic acids is 1. The van der Waals surface area contributed by atoms with E-state index in [1.165, 1.54) is 6.92 Å². The van der Waals surface area contributed by atoms with Crippen molar-refractivity contribution in [2.45, 2.75) is 33.9 Å². The molecule has 2 N–H and O–H groups in total. The Kier molecular flexibility index (Phi) is 5.68. The van der Waals surface area contributed by atoms with Crippen LogP contribution in [-0.4, -0.2) is 12.1 Å². The summed E-state index contributed by atoms with van der Waals surface area (Å²) in [6, 6.07) is 0. The van der Waals surface area contributed by atoms with Gasteiger partial charge in [-0.2, -0.15) is 0 Å². The Morgan fingerprint density at radius 1 is 1.38 bits per heavy atom. The Morgan fingerprint density at radius 3 is 2.46 bits per heavy atom. The van der Waals surface area contributed by atoms with Crippen molar-refractivity contribution >= 4 is 5.91 Å². The number of hydrogen-bond donors (Lipinski definition) is 2. The minimum absolute atomic E-state index is 0.0299. The van der Waals surface area contributed by atoms with E-state index >= 15 is 0 Å². The standard InChI is InChI=1S/C10H18N2O/c1-5-6-8(2)7-11-9(3)12-10(4)13/h5-7,9,11H,1-4H3,(H,12,13)/b6-5-,8-7+. The molecule has 0 saturated carbocycles. The summed E-state index contributed by atoms with van der Waals surface area (Å²) in [5.41, 5.74) is 1.12. The van der Waals surface area contributed by atoms with Gasteiger partial charge in [-0.3, -0.25) is 4.79 Å². The van der Waals surface area contributed by atoms with Crippen LogP contribution in [0, 0.1) is 0 Å². The quantitative estimate of drug-likeness (QED) is 0.511. The first-order chi connectivity index (χ1) is 6.06. The predicted octanol–water partition coefficient (Wildman–Crippen LogP) is 1.54. The molecule has 0 rings (SSSR count). The summed E-state index contributed by atoms with van der Waals surface area (Å²) in [4.78, 5) is 10.6. The molecule has 0 aromatic carbocycles. The van der Waals surface area contributed by atoms with Crippen LogP contribution in [0.1, 0.15) is 27.7 Å². The third kappa shape index (κ3) is 7.12. The zero-order valence-electron chi connectivity index (χ0n) is 8.72. The third-order valence-corrected chi connectivity index (χ3v) is 1.41. The van der Waals surface area contributed by atoms with Gasteiger partial charge in [0.1, 0.15) is 0 Å². The Hall–Kier alpha value is -1.25. The van der Waals surface area contributed by atoms with Gasteiger partial charge in [0.2, 0.25) is 5.91 Å². The molecule has 0 aliphatic heterocycles. The molecule has 0 heterocycles. The summed E-state index contributed by atoms with van der Waals surface area (Å²) < 4.78 is 0. The normalized spacial score (nSPS) is 14.3. The topological polar surface area (TPSA) is 41.1 Å². The molecule has 3 heteroatoms. The second-order valence-electron chi connectivity index (χ2n) is 2.98. The van der Waals surface area contributed by atoms with Gasteiger partial charge in [-0.25, -0.2) is 0 Å². The average Bonchev–Trinajstić information content (AvgIpc) is 2.00. The minimum Gasteiger partial charge on any atom is -0.371 e. The van der Waals surface area contributed by atoms with Gasteiger partial charge in [-0.1, -0.05) is 12.2 Å². The van der Waals surface area contributed by atoms with E-state index in [0.29, 0.717) is 0 Å². The molecule has 0 spiro atoms. The predicted molar refractivity (Wildman–Crippen MR) is 55.0 cm³/mol. The van der Waals surface area contributed by atoms with Gasteiger partial charge >= 0.3 is 0 Å². The molecule has 1 unspecified atom stereocenters. The first-order valence-electron chi connectivity index (χ1n) is 4.39. The van der Waals surface area contributed by atoms with E-state index in [2.05, 4.69) is 10.6 Å². The molecule has 0 saturated heterocycles. The average molecular weight is 182 g/mol. The van der Waals surface area contributed by atoms with Gasteiger partial charge in [0.05, 0.1) is 6.17 Å². The molecule has 74 valence electrons. The number of nitrogens with one attached hydrogen (secondary N) is 2. The number of rotatable bonds is 4. The van der Waals surface area contributed by atoms with Crippen molar-refractivity contribution in [3.8, 4) is 0 Å². The zero-order valence-corrected chi connectivity index (χ0v) is 8.72. The van der Waals surface area contributed by atoms with Crippen molar-refractivity contribution in [1.82, 2.24) is 10.6 Å². The number of amides is 1. The Morgan fingerprint density at radius 2 is 2.00 bits per heavy atom. The van der Waals surface area contributed by atoms with Crippen LogP contribution in [0.3, 0.4) is 0 Å². The second-order valence-corrected chi connectivity index (χ2v) is 2.98. The molecular formula is C10H18N2O. The Balaban J connectivity index is 3.86. The molecule has 1 atom stereocenters. The maximum atomic E-state index is 10.6. The third-order valence-electron chi connectivity index (χ3n) is 1.41. The summed E-state index contributed by atoms with van der Waals surface area (Å²) in [5, 5.41) is 5.77. The molecule has 1 amide bonds. The van der Waals surface area contributed by atoms with Gasteiger partial charge in [-0.15, -0.1) is 0 Å². The van der Waals surface area contributed by atoms with Crippen LogP contribution in [0.2, 0.25) is 0 Å². The number of carbonyl (C=O) groups is 1. The number of allylic oxidation sites excluding steroid dienone is 3. The highest BCUT2D eigenvalue weighted by atomic mass is 16.1. The Labute approximate surface area is 79.9 Å². The molecular weight excluding hydrogens is 164 g/mol. The van der Waals surface area contributed by atoms with Crippen LogP contribution in [0.25, 0.3) is 0 Å². The molecule has 0 aromatic heterocycles. The summed E-state index contributed by atoms with van der Waals surface area (Å²) in [5.74, 6) is -0.0305. The largest absolute Gasteiger partial charge is 0.371 e. The lowest BCUT2D eigenvalue weighted by Crippen LogP contribution is -2.39. The molecule has 3 nitrogen and oxygen atoms in total. The van der Waals surface area contributed by atoms with E-state index in [-0.39, 0.29) is 12.1 Å². The highest BCUT2D eigenvalue weighted by Gasteiger charge is 1.97. The molecule has 0 bridgehead atoms. The summed E-state index contributed by atoms with van der Waals surface area (Å²) in [6.07, 6.45) is 5.81. The van der Waals surface area contributed by atoms with E-state index in [1.54, 1.807) is 0 Å². The highest BCUT2D eigenvalue weighted by Crippen LogP contribution is 1.91. The van der Waals surface area contributed by atoms with Crippen molar-refractivity contribution in [3.05, 3.63) is 23.9 Å². The number of hydrogen-bond acceptors (Lipinski definition) is 2. The SMILES string of the molecule is C/C=C\C(C)=C\NC(C)NC(C)=O. The van der Waals surface area contributed by atoms with E-state index in [0.717, 1.165) is 5.57 Å². The van der Waals surface area contributed by atoms with Gasteiger partial charge < -0.3 is 10.6 Å². The van der Waals surface area contributed by atoms with Crippen molar-refractivity contribution in [3.63, 3.8) is 0 Å². The summed E-state index contributed by atoms with van der Waals surface area (Å²) in [6.45, 7) is 7.35. The highest BCUT2D eigenvalue weighted by molar-refractivity contribution is 5.73. The van der Waals surface area contributed by atoms with E-state index in [9.17, 15) is 4.79 Å². The molecule has 0 aromatic rings. The van der Waals surface area contributed by atoms with Crippen molar-refractivity contribution in [1.29, 1.82) is 0 Å². The van der Waals surface area contributed by atoms with Crippen LogP contribution >= 0.6 is 0 Å². The minimum atomic E-state index is -0.0305. The van der Waals surface area contributed by atoms with Gasteiger partial charge in [-0.05, 0) is 26.3 Å². The lowest BCUT2D eigenvalue weighted by molar-refractivity contribution is -0.119. The fourth-order valence-electron chi connectivity index (χ4n) is 0.914. The first-order valence-corrected chi connectivity index (χ1v) is 4.39. The molecule has 0 aliphatic rings. The van der Waals surface area contributed by atoms with Gasteiger partial charge in [0, 0.05) is 13.1 Å². The van der Waals surface area contributed by atoms with Crippen LogP contribution in [-0.2, 0) is 4.79 Å². The fraction of sp³-hybridized carbons (Fsp3) is 0.500. The van der Waals surface area contributed by atoms with Crippen LogP contribution in [0.5, 0.6) is 0 Å². The molecule has 13 heavy (non-hydrogen) atoms. The maximum absolute atomic E-state index is 10.6. The lowest BCUT2D eigenvalue weighted by atomic mass is 10.3. The maximum Gasteiger partial charge on any atom is 0.218 e. The summed E-state index contributed by atoms with van der Waals surface area (Å²) in [7, 11) is 0. The lowest BCUT2D eigenvalue weighted by Gasteiger charge is -2.12. The monoisotopic (exact) mass is 182 g/mol. The Bertz CT molecular complexity index is 219. The van der Waals surface area contributed by atoms with Crippen LogP contribution in [0.15, 0.2) is 23.9 Å². The zero-order chi connectivity index (χ0) is 10.3. The first kappa shape index (κ1) is 11.8. The van der Waals surface area contributed by atoms with Gasteiger partial charge in [0.25, 0.3) is 0 Å². The van der Waals surface area contributed by atoms with Crippen molar-refractivity contribution in [2.75, 3.05) is 0 Å². The molecule has 0 radical (unpaired) electrons. The van der Waals surface area contributed by atoms with Gasteiger partial charge in [0.15, 0.2) is 0 Å². The van der Waals surface area contributed by atoms with Crippen molar-refractivity contribution in [2.24, 2.45) is 0 Å². The van der Waals surface area contributed by atoms with E-state index in [1.807, 2.05) is 39.1 Å². The summed E-state index contributed by atoms with van der Waals surface area (Å²) >= 11 is 0. The van der Waals surface area contributed by atoms with Crippen molar-refractivity contribution < 1.29 is 4.79 Å². The smallest absolute Gasteiger partial charge is 0.218 e. The fourth-order valence-corrected chi connectivity index (χ4v) is 0.914. The molecule has 0 fully saturated rings. The second kappa shape index (κ2) is 6.29. The van der Waals surface area contributed by atoms with E-state index in [4.69, 9.17) is 0 Å². The van der Waals surface area contributed by atoms with E-state index < -0.39 is 0 Å². The molecule has 0 aliphatic carbocycles. The van der Waals surface area contributed by atoms with Crippen LogP contribution < -0.4 is 10.6 Å².